The van der Waals surface area contributed by atoms with E-state index in [1.807, 2.05) is 0 Å². The summed E-state index contributed by atoms with van der Waals surface area (Å²) in [6.07, 6.45) is 0. The van der Waals surface area contributed by atoms with Crippen molar-refractivity contribution in [1.82, 2.24) is 0 Å². The van der Waals surface area contributed by atoms with Crippen molar-refractivity contribution < 1.29 is 21.6 Å². The summed E-state index contributed by atoms with van der Waals surface area (Å²) in [5.41, 5.74) is -0.777. The van der Waals surface area contributed by atoms with Crippen molar-refractivity contribution >= 4 is 15.7 Å². The minimum atomic E-state index is -4.09. The molecule has 0 atom stereocenters. The maximum absolute atomic E-state index is 13.4. The number of benzene rings is 2. The molecule has 0 radical (unpaired) electrons. The van der Waals surface area contributed by atoms with Crippen LogP contribution < -0.4 is 4.72 Å². The number of sulfonamides is 1. The van der Waals surface area contributed by atoms with Crippen molar-refractivity contribution in [2.75, 3.05) is 4.72 Å². The molecular formula is C12H8F3NO2S. The van der Waals surface area contributed by atoms with Gasteiger partial charge in [0.25, 0.3) is 10.0 Å². The molecule has 7 heteroatoms. The van der Waals surface area contributed by atoms with Crippen molar-refractivity contribution in [3.05, 3.63) is 59.9 Å². The number of nitrogens with one attached hydrogen (secondary N) is 1. The van der Waals surface area contributed by atoms with Crippen LogP contribution in [0.1, 0.15) is 0 Å². The highest BCUT2D eigenvalue weighted by molar-refractivity contribution is 7.92. The fraction of sp³-hybridized carbons (Fsp3) is 0. The fourth-order valence-electron chi connectivity index (χ4n) is 1.43. The lowest BCUT2D eigenvalue weighted by Gasteiger charge is -2.09. The van der Waals surface area contributed by atoms with E-state index >= 15 is 0 Å². The van der Waals surface area contributed by atoms with E-state index in [-0.39, 0.29) is 4.90 Å². The summed E-state index contributed by atoms with van der Waals surface area (Å²) in [7, 11) is -4.09. The van der Waals surface area contributed by atoms with E-state index in [4.69, 9.17) is 0 Å². The average Bonchev–Trinajstić information content (AvgIpc) is 2.36. The maximum atomic E-state index is 13.4. The Morgan fingerprint density at radius 1 is 0.947 bits per heavy atom. The second-order valence-corrected chi connectivity index (χ2v) is 5.35. The number of halogens is 3. The standard InChI is InChI=1S/C12H8F3NO2S/c13-8-6-10(14)12(15)11(7-8)16-19(17,18)9-4-2-1-3-5-9/h1-7,16H. The molecule has 100 valence electrons. The zero-order valence-electron chi connectivity index (χ0n) is 9.40. The third-order valence-electron chi connectivity index (χ3n) is 2.29. The lowest BCUT2D eigenvalue weighted by atomic mass is 10.3. The van der Waals surface area contributed by atoms with Gasteiger partial charge in [-0.3, -0.25) is 4.72 Å². The Balaban J connectivity index is 2.42. The van der Waals surface area contributed by atoms with Crippen LogP contribution in [-0.2, 0) is 10.0 Å². The van der Waals surface area contributed by atoms with E-state index in [0.29, 0.717) is 12.1 Å². The molecule has 2 aromatic rings. The first-order valence-corrected chi connectivity index (χ1v) is 6.61. The summed E-state index contributed by atoms with van der Waals surface area (Å²) in [5, 5.41) is 0. The molecule has 0 aliphatic carbocycles. The Kier molecular flexibility index (Phi) is 3.48. The van der Waals surface area contributed by atoms with Crippen LogP contribution in [0.2, 0.25) is 0 Å². The van der Waals surface area contributed by atoms with Gasteiger partial charge in [-0.2, -0.15) is 0 Å². The van der Waals surface area contributed by atoms with Crippen LogP contribution in [-0.4, -0.2) is 8.42 Å². The Bertz CT molecular complexity index is 702. The Morgan fingerprint density at radius 2 is 1.58 bits per heavy atom. The molecule has 3 nitrogen and oxygen atoms in total. The first kappa shape index (κ1) is 13.4. The van der Waals surface area contributed by atoms with Gasteiger partial charge in [0.05, 0.1) is 10.6 Å². The topological polar surface area (TPSA) is 46.2 Å². The van der Waals surface area contributed by atoms with Gasteiger partial charge in [-0.1, -0.05) is 18.2 Å². The lowest BCUT2D eigenvalue weighted by Crippen LogP contribution is -2.14. The first-order valence-electron chi connectivity index (χ1n) is 5.12. The third kappa shape index (κ3) is 2.87. The van der Waals surface area contributed by atoms with E-state index in [0.717, 1.165) is 0 Å². The predicted molar refractivity (Wildman–Crippen MR) is 63.6 cm³/mol. The normalized spacial score (nSPS) is 11.3. The van der Waals surface area contributed by atoms with Crippen molar-refractivity contribution in [3.63, 3.8) is 0 Å². The molecule has 2 rings (SSSR count). The molecule has 0 aliphatic heterocycles. The monoisotopic (exact) mass is 287 g/mol. The van der Waals surface area contributed by atoms with Crippen LogP contribution in [0.3, 0.4) is 0 Å². The van der Waals surface area contributed by atoms with Crippen LogP contribution in [0.4, 0.5) is 18.9 Å². The molecule has 0 saturated carbocycles. The summed E-state index contributed by atoms with van der Waals surface area (Å²) < 4.78 is 64.8. The Hall–Kier alpha value is -2.02. The van der Waals surface area contributed by atoms with Crippen molar-refractivity contribution in [1.29, 1.82) is 0 Å². The molecule has 2 aromatic carbocycles. The van der Waals surface area contributed by atoms with Crippen molar-refractivity contribution in [3.8, 4) is 0 Å². The van der Waals surface area contributed by atoms with Crippen LogP contribution in [0.5, 0.6) is 0 Å². The summed E-state index contributed by atoms with van der Waals surface area (Å²) in [6, 6.07) is 7.98. The van der Waals surface area contributed by atoms with Gasteiger partial charge in [-0.05, 0) is 12.1 Å². The molecular weight excluding hydrogens is 279 g/mol. The SMILES string of the molecule is O=S(=O)(Nc1cc(F)cc(F)c1F)c1ccccc1. The highest BCUT2D eigenvalue weighted by atomic mass is 32.2. The minimum absolute atomic E-state index is 0.140. The van der Waals surface area contributed by atoms with Crippen LogP contribution >= 0.6 is 0 Å². The van der Waals surface area contributed by atoms with Gasteiger partial charge in [-0.15, -0.1) is 0 Å². The van der Waals surface area contributed by atoms with Gasteiger partial charge in [0.1, 0.15) is 5.82 Å². The Morgan fingerprint density at radius 3 is 2.21 bits per heavy atom. The van der Waals surface area contributed by atoms with Gasteiger partial charge in [0.15, 0.2) is 11.6 Å². The zero-order valence-corrected chi connectivity index (χ0v) is 10.2. The summed E-state index contributed by atoms with van der Waals surface area (Å²) in [6.45, 7) is 0. The van der Waals surface area contributed by atoms with Crippen LogP contribution in [0, 0.1) is 17.5 Å². The van der Waals surface area contributed by atoms with Gasteiger partial charge in [0, 0.05) is 12.1 Å². The van der Waals surface area contributed by atoms with E-state index < -0.39 is 33.2 Å². The maximum Gasteiger partial charge on any atom is 0.261 e. The minimum Gasteiger partial charge on any atom is -0.276 e. The van der Waals surface area contributed by atoms with E-state index in [1.165, 1.54) is 24.3 Å². The predicted octanol–water partition coefficient (Wildman–Crippen LogP) is 2.90. The summed E-state index contributed by atoms with van der Waals surface area (Å²) >= 11 is 0. The molecule has 0 aromatic heterocycles. The zero-order chi connectivity index (χ0) is 14.0. The number of anilines is 1. The molecule has 0 spiro atoms. The van der Waals surface area contributed by atoms with E-state index in [2.05, 4.69) is 0 Å². The highest BCUT2D eigenvalue weighted by Crippen LogP contribution is 2.22. The third-order valence-corrected chi connectivity index (χ3v) is 3.67. The smallest absolute Gasteiger partial charge is 0.261 e. The first-order chi connectivity index (χ1) is 8.90. The van der Waals surface area contributed by atoms with Gasteiger partial charge in [-0.25, -0.2) is 21.6 Å². The van der Waals surface area contributed by atoms with E-state index in [1.54, 1.807) is 10.8 Å². The Labute approximate surface area is 107 Å². The van der Waals surface area contributed by atoms with Gasteiger partial charge >= 0.3 is 0 Å². The summed E-state index contributed by atoms with van der Waals surface area (Å²) in [4.78, 5) is -0.140. The van der Waals surface area contributed by atoms with Gasteiger partial charge in [0.2, 0.25) is 0 Å². The molecule has 19 heavy (non-hydrogen) atoms. The molecule has 0 fully saturated rings. The quantitative estimate of drug-likeness (QED) is 0.882. The molecule has 0 saturated heterocycles. The van der Waals surface area contributed by atoms with Crippen molar-refractivity contribution in [2.45, 2.75) is 4.90 Å². The molecule has 0 aliphatic rings. The second kappa shape index (κ2) is 4.93. The van der Waals surface area contributed by atoms with Gasteiger partial charge < -0.3 is 0 Å². The lowest BCUT2D eigenvalue weighted by molar-refractivity contribution is 0.498. The fourth-order valence-corrected chi connectivity index (χ4v) is 2.50. The molecule has 0 heterocycles. The number of rotatable bonds is 3. The number of hydrogen-bond acceptors (Lipinski definition) is 2. The second-order valence-electron chi connectivity index (χ2n) is 3.67. The number of hydrogen-bond donors (Lipinski definition) is 1. The van der Waals surface area contributed by atoms with Crippen LogP contribution in [0.15, 0.2) is 47.4 Å². The van der Waals surface area contributed by atoms with E-state index in [9.17, 15) is 21.6 Å². The molecule has 0 bridgehead atoms. The largest absolute Gasteiger partial charge is 0.276 e. The highest BCUT2D eigenvalue weighted by Gasteiger charge is 2.18. The summed E-state index contributed by atoms with van der Waals surface area (Å²) in [5.74, 6) is -4.00. The average molecular weight is 287 g/mol. The molecule has 1 N–H and O–H groups in total. The van der Waals surface area contributed by atoms with Crippen LogP contribution in [0.25, 0.3) is 0 Å². The molecule has 0 unspecified atom stereocenters. The van der Waals surface area contributed by atoms with Crippen molar-refractivity contribution in [2.24, 2.45) is 0 Å². The molecule has 0 amide bonds.